The lowest BCUT2D eigenvalue weighted by molar-refractivity contribution is -0.113. The zero-order valence-electron chi connectivity index (χ0n) is 6.11. The Labute approximate surface area is 68.5 Å². The van der Waals surface area contributed by atoms with E-state index in [9.17, 15) is 4.79 Å². The van der Waals surface area contributed by atoms with Gasteiger partial charge in [0.2, 0.25) is 5.91 Å². The fourth-order valence-electron chi connectivity index (χ4n) is 0.683. The number of nitrogens with zero attached hydrogens (tertiary/aromatic N) is 2. The van der Waals surface area contributed by atoms with Crippen molar-refractivity contribution in [2.24, 2.45) is 5.73 Å². The van der Waals surface area contributed by atoms with Gasteiger partial charge in [0.15, 0.2) is 0 Å². The molecule has 0 radical (unpaired) electrons. The van der Waals surface area contributed by atoms with Crippen LogP contribution in [0.3, 0.4) is 0 Å². The molecule has 5 nitrogen and oxygen atoms in total. The molecule has 0 aliphatic rings. The van der Waals surface area contributed by atoms with Crippen LogP contribution in [0.5, 0.6) is 0 Å². The zero-order valence-corrected chi connectivity index (χ0v) is 6.11. The summed E-state index contributed by atoms with van der Waals surface area (Å²) in [6.07, 6.45) is 4.05. The van der Waals surface area contributed by atoms with Gasteiger partial charge in [-0.25, -0.2) is 0 Å². The number of aromatic amines is 1. The summed E-state index contributed by atoms with van der Waals surface area (Å²) in [6.45, 7) is 0. The minimum Gasteiger partial charge on any atom is -0.366 e. The van der Waals surface area contributed by atoms with E-state index in [0.29, 0.717) is 11.3 Å². The van der Waals surface area contributed by atoms with Gasteiger partial charge in [-0.2, -0.15) is 10.4 Å². The highest BCUT2D eigenvalue weighted by molar-refractivity contribution is 5.90. The van der Waals surface area contributed by atoms with E-state index in [4.69, 9.17) is 11.0 Å². The van der Waals surface area contributed by atoms with E-state index in [0.717, 1.165) is 0 Å². The van der Waals surface area contributed by atoms with E-state index in [2.05, 4.69) is 10.2 Å². The van der Waals surface area contributed by atoms with Gasteiger partial charge in [0, 0.05) is 11.6 Å². The Morgan fingerprint density at radius 3 is 3.17 bits per heavy atom. The van der Waals surface area contributed by atoms with Gasteiger partial charge in [0.1, 0.15) is 11.8 Å². The van der Waals surface area contributed by atoms with E-state index in [1.165, 1.54) is 18.3 Å². The summed E-state index contributed by atoms with van der Waals surface area (Å²) in [5.41, 5.74) is 5.73. The summed E-state index contributed by atoms with van der Waals surface area (Å²) in [5.74, 6) is -0.555. The first-order chi connectivity index (χ1) is 5.74. The molecule has 1 heterocycles. The molecule has 12 heavy (non-hydrogen) atoms. The molecule has 0 saturated heterocycles. The maximum atomic E-state index is 10.3. The molecule has 0 aromatic carbocycles. The van der Waals surface area contributed by atoms with Crippen molar-refractivity contribution in [1.82, 2.24) is 10.2 Å². The lowest BCUT2D eigenvalue weighted by atomic mass is 10.2. The summed E-state index contributed by atoms with van der Waals surface area (Å²) in [5, 5.41) is 14.6. The van der Waals surface area contributed by atoms with Crippen molar-refractivity contribution in [2.45, 2.75) is 0 Å². The first-order valence-electron chi connectivity index (χ1n) is 3.15. The Balaban J connectivity index is 2.90. The minimum absolute atomic E-state index is 0.313. The van der Waals surface area contributed by atoms with Crippen molar-refractivity contribution in [3.05, 3.63) is 23.5 Å². The Morgan fingerprint density at radius 1 is 1.83 bits per heavy atom. The van der Waals surface area contributed by atoms with Gasteiger partial charge in [-0.1, -0.05) is 0 Å². The zero-order chi connectivity index (χ0) is 8.97. The van der Waals surface area contributed by atoms with Gasteiger partial charge in [0.05, 0.1) is 6.20 Å². The quantitative estimate of drug-likeness (QED) is 0.588. The van der Waals surface area contributed by atoms with Crippen molar-refractivity contribution < 1.29 is 4.79 Å². The van der Waals surface area contributed by atoms with Crippen LogP contribution in [0.1, 0.15) is 11.3 Å². The Bertz CT molecular complexity index is 358. The van der Waals surface area contributed by atoms with Gasteiger partial charge in [-0.3, -0.25) is 9.89 Å². The molecule has 0 saturated carbocycles. The smallest absolute Gasteiger partial charge is 0.241 e. The number of rotatable bonds is 2. The molecule has 1 aromatic heterocycles. The predicted molar refractivity (Wildman–Crippen MR) is 41.5 cm³/mol. The standard InChI is InChI=1S/C7H6N4O/c8-3-6-5(4-10-11-6)1-2-7(9)12/h1-2,4H,(H2,9,12)(H,10,11). The summed E-state index contributed by atoms with van der Waals surface area (Å²) >= 11 is 0. The van der Waals surface area contributed by atoms with Crippen LogP contribution >= 0.6 is 0 Å². The van der Waals surface area contributed by atoms with Crippen molar-refractivity contribution in [2.75, 3.05) is 0 Å². The van der Waals surface area contributed by atoms with Gasteiger partial charge in [-0.05, 0) is 6.08 Å². The van der Waals surface area contributed by atoms with Crippen LogP contribution < -0.4 is 5.73 Å². The SMILES string of the molecule is N#Cc1[nH]ncc1C=CC(N)=O. The summed E-state index contributed by atoms with van der Waals surface area (Å²) in [6, 6.07) is 1.88. The van der Waals surface area contributed by atoms with Crippen LogP contribution in [-0.4, -0.2) is 16.1 Å². The van der Waals surface area contributed by atoms with Crippen molar-refractivity contribution in [1.29, 1.82) is 5.26 Å². The Morgan fingerprint density at radius 2 is 2.58 bits per heavy atom. The molecule has 1 aromatic rings. The Hall–Kier alpha value is -2.09. The van der Waals surface area contributed by atoms with Gasteiger partial charge < -0.3 is 5.73 Å². The number of H-pyrrole nitrogens is 1. The fraction of sp³-hybridized carbons (Fsp3) is 0. The molecule has 0 bridgehead atoms. The Kier molecular flexibility index (Phi) is 2.23. The number of hydrogen-bond donors (Lipinski definition) is 2. The predicted octanol–water partition coefficient (Wildman–Crippen LogP) is -0.220. The fourth-order valence-corrected chi connectivity index (χ4v) is 0.683. The van der Waals surface area contributed by atoms with Gasteiger partial charge >= 0.3 is 0 Å². The van der Waals surface area contributed by atoms with E-state index in [1.54, 1.807) is 0 Å². The van der Waals surface area contributed by atoms with Crippen LogP contribution in [0.25, 0.3) is 6.08 Å². The molecule has 0 aliphatic heterocycles. The molecule has 1 rings (SSSR count). The van der Waals surface area contributed by atoms with Crippen molar-refractivity contribution >= 4 is 12.0 Å². The lowest BCUT2D eigenvalue weighted by Gasteiger charge is -1.83. The van der Waals surface area contributed by atoms with Crippen molar-refractivity contribution in [3.8, 4) is 6.07 Å². The third kappa shape index (κ3) is 1.70. The summed E-state index contributed by atoms with van der Waals surface area (Å²) in [4.78, 5) is 10.3. The maximum Gasteiger partial charge on any atom is 0.241 e. The van der Waals surface area contributed by atoms with Crippen LogP contribution in [-0.2, 0) is 4.79 Å². The summed E-state index contributed by atoms with van der Waals surface area (Å²) in [7, 11) is 0. The van der Waals surface area contributed by atoms with Crippen molar-refractivity contribution in [3.63, 3.8) is 0 Å². The first-order valence-corrected chi connectivity index (χ1v) is 3.15. The number of primary amides is 1. The highest BCUT2D eigenvalue weighted by atomic mass is 16.1. The molecule has 0 unspecified atom stereocenters. The highest BCUT2D eigenvalue weighted by Crippen LogP contribution is 2.04. The third-order valence-electron chi connectivity index (χ3n) is 1.21. The van der Waals surface area contributed by atoms with Gasteiger partial charge in [0.25, 0.3) is 0 Å². The lowest BCUT2D eigenvalue weighted by Crippen LogP contribution is -2.05. The first kappa shape index (κ1) is 8.01. The van der Waals surface area contributed by atoms with E-state index in [-0.39, 0.29) is 0 Å². The summed E-state index contributed by atoms with van der Waals surface area (Å²) < 4.78 is 0. The number of nitriles is 1. The molecular formula is C7H6N4O. The minimum atomic E-state index is -0.555. The number of amides is 1. The molecule has 3 N–H and O–H groups in total. The molecule has 0 fully saturated rings. The maximum absolute atomic E-state index is 10.3. The molecule has 0 atom stereocenters. The monoisotopic (exact) mass is 162 g/mol. The van der Waals surface area contributed by atoms with Crippen LogP contribution in [0.2, 0.25) is 0 Å². The highest BCUT2D eigenvalue weighted by Gasteiger charge is 1.98. The number of aromatic nitrogens is 2. The topological polar surface area (TPSA) is 95.6 Å². The molecular weight excluding hydrogens is 156 g/mol. The van der Waals surface area contributed by atoms with E-state index < -0.39 is 5.91 Å². The van der Waals surface area contributed by atoms with E-state index in [1.807, 2.05) is 6.07 Å². The van der Waals surface area contributed by atoms with E-state index >= 15 is 0 Å². The van der Waals surface area contributed by atoms with Crippen LogP contribution in [0.15, 0.2) is 12.3 Å². The van der Waals surface area contributed by atoms with Crippen LogP contribution in [0, 0.1) is 11.3 Å². The molecule has 60 valence electrons. The average molecular weight is 162 g/mol. The second kappa shape index (κ2) is 3.34. The second-order valence-corrected chi connectivity index (χ2v) is 2.05. The number of carbonyl (C=O) groups is 1. The third-order valence-corrected chi connectivity index (χ3v) is 1.21. The molecule has 0 aliphatic carbocycles. The molecule has 0 spiro atoms. The second-order valence-electron chi connectivity index (χ2n) is 2.05. The number of nitrogens with two attached hydrogens (primary N) is 1. The largest absolute Gasteiger partial charge is 0.366 e. The molecule has 5 heteroatoms. The average Bonchev–Trinajstić information content (AvgIpc) is 2.47. The number of carbonyl (C=O) groups excluding carboxylic acids is 1. The normalized spacial score (nSPS) is 9.92. The molecule has 1 amide bonds. The van der Waals surface area contributed by atoms with Crippen LogP contribution in [0.4, 0.5) is 0 Å². The number of nitrogens with one attached hydrogen (secondary N) is 1. The van der Waals surface area contributed by atoms with Gasteiger partial charge in [-0.15, -0.1) is 0 Å². The number of hydrogen-bond acceptors (Lipinski definition) is 3.